The van der Waals surface area contributed by atoms with Crippen molar-refractivity contribution >= 4 is 21.4 Å². The number of aryl methyl sites for hydroxylation is 1. The lowest BCUT2D eigenvalue weighted by atomic mass is 10.1. The van der Waals surface area contributed by atoms with E-state index in [1.807, 2.05) is 19.1 Å². The Hall–Kier alpha value is -2.23. The van der Waals surface area contributed by atoms with E-state index < -0.39 is 10.0 Å². The summed E-state index contributed by atoms with van der Waals surface area (Å²) in [5, 5.41) is 6.29. The van der Waals surface area contributed by atoms with Crippen LogP contribution in [0.3, 0.4) is 0 Å². The second-order valence-corrected chi connectivity index (χ2v) is 9.22. The Morgan fingerprint density at radius 3 is 2.73 bits per heavy atom. The lowest BCUT2D eigenvalue weighted by Crippen LogP contribution is -2.35. The number of H-pyrrole nitrogens is 1. The predicted octanol–water partition coefficient (Wildman–Crippen LogP) is 2.73. The quantitative estimate of drug-likeness (QED) is 0.666. The summed E-state index contributed by atoms with van der Waals surface area (Å²) in [5.74, 6) is 0.838. The van der Waals surface area contributed by atoms with Gasteiger partial charge in [0.2, 0.25) is 0 Å². The number of hydrogen-bond acceptors (Lipinski definition) is 6. The van der Waals surface area contributed by atoms with Crippen molar-refractivity contribution in [2.45, 2.75) is 30.0 Å². The highest BCUT2D eigenvalue weighted by atomic mass is 32.2. The molecule has 0 aromatic carbocycles. The first-order valence-electron chi connectivity index (χ1n) is 8.04. The van der Waals surface area contributed by atoms with Gasteiger partial charge in [0.05, 0.1) is 11.1 Å². The van der Waals surface area contributed by atoms with E-state index in [9.17, 15) is 13.2 Å². The Morgan fingerprint density at radius 2 is 2.08 bits per heavy atom. The molecular weight excluding hydrogens is 374 g/mol. The molecule has 0 bridgehead atoms. The van der Waals surface area contributed by atoms with Crippen molar-refractivity contribution < 1.29 is 12.8 Å². The molecule has 0 saturated carbocycles. The van der Waals surface area contributed by atoms with Crippen molar-refractivity contribution in [2.75, 3.05) is 7.05 Å². The van der Waals surface area contributed by atoms with Gasteiger partial charge in [-0.05, 0) is 43.7 Å². The molecule has 3 aromatic heterocycles. The van der Waals surface area contributed by atoms with Crippen LogP contribution >= 0.6 is 11.3 Å². The average molecular weight is 393 g/mol. The first-order valence-corrected chi connectivity index (χ1v) is 10.3. The summed E-state index contributed by atoms with van der Waals surface area (Å²) in [6.07, 6.45) is 2.94. The van der Waals surface area contributed by atoms with Gasteiger partial charge in [-0.2, -0.15) is 9.40 Å². The van der Waals surface area contributed by atoms with Crippen molar-refractivity contribution in [1.82, 2.24) is 14.5 Å². The zero-order valence-corrected chi connectivity index (χ0v) is 16.0. The minimum Gasteiger partial charge on any atom is -0.469 e. The Labute approximate surface area is 155 Å². The zero-order valence-electron chi connectivity index (χ0n) is 14.4. The van der Waals surface area contributed by atoms with Crippen LogP contribution in [-0.2, 0) is 16.4 Å². The summed E-state index contributed by atoms with van der Waals surface area (Å²) < 4.78 is 32.7. The van der Waals surface area contributed by atoms with E-state index in [1.54, 1.807) is 31.5 Å². The second kappa shape index (κ2) is 7.56. The lowest BCUT2D eigenvalue weighted by molar-refractivity contribution is 0.362. The van der Waals surface area contributed by atoms with Gasteiger partial charge in [0, 0.05) is 25.6 Å². The molecule has 0 unspecified atom stereocenters. The Bertz CT molecular complexity index is 1000. The number of furan rings is 1. The summed E-state index contributed by atoms with van der Waals surface area (Å²) in [5.41, 5.74) is 0.229. The summed E-state index contributed by atoms with van der Waals surface area (Å²) in [7, 11) is -2.02. The van der Waals surface area contributed by atoms with Gasteiger partial charge >= 0.3 is 0 Å². The third-order valence-electron chi connectivity index (χ3n) is 4.16. The van der Waals surface area contributed by atoms with Crippen LogP contribution in [0.25, 0.3) is 10.6 Å². The number of nitrogens with zero attached hydrogens (tertiary/aromatic N) is 2. The van der Waals surface area contributed by atoms with Crippen molar-refractivity contribution in [1.29, 1.82) is 0 Å². The number of thiophene rings is 1. The standard InChI is InChI=1S/C17H19N3O4S2/c1-12(5-6-13-4-3-11-24-13)20(2)26(22,23)17-10-8-15(25-17)14-7-9-16(21)19-18-14/h3-4,7-12H,5-6H2,1-2H3,(H,19,21)/t12-/m0/s1. The van der Waals surface area contributed by atoms with Crippen LogP contribution in [0.2, 0.25) is 0 Å². The molecule has 3 aromatic rings. The Kier molecular flexibility index (Phi) is 5.40. The molecule has 0 aliphatic heterocycles. The molecule has 26 heavy (non-hydrogen) atoms. The molecule has 3 rings (SSSR count). The number of nitrogens with one attached hydrogen (secondary N) is 1. The highest BCUT2D eigenvalue weighted by Gasteiger charge is 2.27. The van der Waals surface area contributed by atoms with Gasteiger partial charge in [0.15, 0.2) is 0 Å². The van der Waals surface area contributed by atoms with E-state index in [0.29, 0.717) is 23.4 Å². The fourth-order valence-corrected chi connectivity index (χ4v) is 5.30. The second-order valence-electron chi connectivity index (χ2n) is 5.91. The number of hydrogen-bond donors (Lipinski definition) is 1. The monoisotopic (exact) mass is 393 g/mol. The van der Waals surface area contributed by atoms with Gasteiger partial charge in [-0.3, -0.25) is 4.79 Å². The van der Waals surface area contributed by atoms with Crippen LogP contribution in [-0.4, -0.2) is 36.0 Å². The molecule has 0 aliphatic rings. The van der Waals surface area contributed by atoms with Gasteiger partial charge in [-0.25, -0.2) is 13.5 Å². The largest absolute Gasteiger partial charge is 0.469 e. The van der Waals surface area contributed by atoms with Gasteiger partial charge < -0.3 is 4.42 Å². The fourth-order valence-electron chi connectivity index (χ4n) is 2.44. The van der Waals surface area contributed by atoms with E-state index in [1.165, 1.54) is 10.4 Å². The molecule has 0 amide bonds. The van der Waals surface area contributed by atoms with Crippen molar-refractivity contribution in [3.05, 3.63) is 58.8 Å². The summed E-state index contributed by atoms with van der Waals surface area (Å²) in [6, 6.07) is 9.71. The van der Waals surface area contributed by atoms with Crippen LogP contribution in [0.4, 0.5) is 0 Å². The highest BCUT2D eigenvalue weighted by Crippen LogP contribution is 2.31. The predicted molar refractivity (Wildman–Crippen MR) is 99.6 cm³/mol. The van der Waals surface area contributed by atoms with E-state index >= 15 is 0 Å². The van der Waals surface area contributed by atoms with Crippen LogP contribution in [0.15, 0.2) is 56.1 Å². The molecule has 138 valence electrons. The first-order chi connectivity index (χ1) is 12.4. The molecule has 0 saturated heterocycles. The highest BCUT2D eigenvalue weighted by molar-refractivity contribution is 7.91. The van der Waals surface area contributed by atoms with Gasteiger partial charge in [0.1, 0.15) is 15.7 Å². The number of rotatable bonds is 7. The SMILES string of the molecule is C[C@@H](CCc1ccco1)N(C)S(=O)(=O)c1ccc(-c2ccc(=O)[nH]n2)s1. The van der Waals surface area contributed by atoms with Gasteiger partial charge in [-0.1, -0.05) is 0 Å². The lowest BCUT2D eigenvalue weighted by Gasteiger charge is -2.23. The Morgan fingerprint density at radius 1 is 1.27 bits per heavy atom. The van der Waals surface area contributed by atoms with E-state index in [4.69, 9.17) is 4.42 Å². The van der Waals surface area contributed by atoms with E-state index in [2.05, 4.69) is 10.2 Å². The topological polar surface area (TPSA) is 96.3 Å². The average Bonchev–Trinajstić information content (AvgIpc) is 3.31. The number of aromatic amines is 1. The fraction of sp³-hybridized carbons (Fsp3) is 0.294. The van der Waals surface area contributed by atoms with E-state index in [0.717, 1.165) is 17.1 Å². The first kappa shape index (κ1) is 18.6. The van der Waals surface area contributed by atoms with Crippen molar-refractivity contribution in [2.24, 2.45) is 0 Å². The zero-order chi connectivity index (χ0) is 18.7. The summed E-state index contributed by atoms with van der Waals surface area (Å²) in [4.78, 5) is 11.8. The smallest absolute Gasteiger partial charge is 0.264 e. The molecule has 0 spiro atoms. The van der Waals surface area contributed by atoms with Gasteiger partial charge in [0.25, 0.3) is 15.6 Å². The van der Waals surface area contributed by atoms with Crippen molar-refractivity contribution in [3.8, 4) is 10.6 Å². The van der Waals surface area contributed by atoms with Gasteiger partial charge in [-0.15, -0.1) is 11.3 Å². The minimum atomic E-state index is -3.60. The van der Waals surface area contributed by atoms with Crippen LogP contribution < -0.4 is 5.56 Å². The third kappa shape index (κ3) is 3.95. The maximum atomic E-state index is 12.9. The van der Waals surface area contributed by atoms with Crippen LogP contribution in [0.5, 0.6) is 0 Å². The normalized spacial score (nSPS) is 13.2. The number of sulfonamides is 1. The minimum absolute atomic E-state index is 0.179. The molecule has 0 radical (unpaired) electrons. The van der Waals surface area contributed by atoms with Crippen LogP contribution in [0.1, 0.15) is 19.1 Å². The third-order valence-corrected chi connectivity index (χ3v) is 7.70. The summed E-state index contributed by atoms with van der Waals surface area (Å²) >= 11 is 1.13. The summed E-state index contributed by atoms with van der Waals surface area (Å²) in [6.45, 7) is 1.87. The maximum absolute atomic E-state index is 12.9. The molecule has 1 atom stereocenters. The molecule has 0 fully saturated rings. The van der Waals surface area contributed by atoms with Crippen molar-refractivity contribution in [3.63, 3.8) is 0 Å². The molecule has 0 aliphatic carbocycles. The maximum Gasteiger partial charge on any atom is 0.264 e. The number of aromatic nitrogens is 2. The van der Waals surface area contributed by atoms with Crippen LogP contribution in [0, 0.1) is 0 Å². The molecule has 7 nitrogen and oxygen atoms in total. The molecular formula is C17H19N3O4S2. The van der Waals surface area contributed by atoms with E-state index in [-0.39, 0.29) is 15.8 Å². The molecule has 3 heterocycles. The Balaban J connectivity index is 1.74. The molecule has 9 heteroatoms. The molecule has 1 N–H and O–H groups in total.